The first-order chi connectivity index (χ1) is 18.8. The number of furan rings is 1. The van der Waals surface area contributed by atoms with Gasteiger partial charge in [0.1, 0.15) is 5.58 Å². The molecule has 0 aliphatic rings. The molecule has 9 nitrogen and oxygen atoms in total. The van der Waals surface area contributed by atoms with E-state index in [0.717, 1.165) is 5.39 Å². The van der Waals surface area contributed by atoms with Crippen molar-refractivity contribution in [3.63, 3.8) is 0 Å². The van der Waals surface area contributed by atoms with Gasteiger partial charge >= 0.3 is 5.97 Å². The van der Waals surface area contributed by atoms with Crippen molar-refractivity contribution >= 4 is 45.7 Å². The summed E-state index contributed by atoms with van der Waals surface area (Å²) in [6, 6.07) is 19.6. The number of esters is 1. The van der Waals surface area contributed by atoms with Crippen LogP contribution in [0.1, 0.15) is 19.4 Å². The average molecular weight is 546 g/mol. The van der Waals surface area contributed by atoms with Gasteiger partial charge in [0.2, 0.25) is 5.82 Å². The fourth-order valence-electron chi connectivity index (χ4n) is 3.99. The van der Waals surface area contributed by atoms with Crippen LogP contribution in [0, 0.1) is 0 Å². The molecule has 0 saturated heterocycles. The van der Waals surface area contributed by atoms with Crippen molar-refractivity contribution in [3.05, 3.63) is 87.7 Å². The number of benzene rings is 3. The minimum atomic E-state index is -0.532. The lowest BCUT2D eigenvalue weighted by Crippen LogP contribution is -2.20. The van der Waals surface area contributed by atoms with E-state index in [1.165, 1.54) is 18.0 Å². The van der Waals surface area contributed by atoms with Gasteiger partial charge in [0.05, 0.1) is 35.4 Å². The van der Waals surface area contributed by atoms with Gasteiger partial charge in [-0.1, -0.05) is 41.9 Å². The van der Waals surface area contributed by atoms with E-state index in [4.69, 9.17) is 30.2 Å². The Balaban J connectivity index is 1.54. The zero-order valence-electron chi connectivity index (χ0n) is 21.4. The van der Waals surface area contributed by atoms with Gasteiger partial charge in [0.15, 0.2) is 23.9 Å². The number of ether oxygens (including phenoxy) is 3. The Morgan fingerprint density at radius 1 is 1.13 bits per heavy atom. The van der Waals surface area contributed by atoms with Crippen molar-refractivity contribution in [2.24, 2.45) is 5.10 Å². The molecule has 0 saturated carbocycles. The summed E-state index contributed by atoms with van der Waals surface area (Å²) in [4.78, 5) is 30.1. The molecular weight excluding hydrogens is 522 g/mol. The second-order valence-corrected chi connectivity index (χ2v) is 9.23. The summed E-state index contributed by atoms with van der Waals surface area (Å²) < 4.78 is 23.3. The number of carbonyl (C=O) groups excluding carboxylic acids is 1. The molecule has 5 rings (SSSR count). The standard InChI is InChI=1S/C29H24ClN3O6/c1-17(2)38-26(34)16-37-27-21(30)12-18(13-24(27)36-3)15-31-33-28(25-14-19-8-4-7-11-23(19)39-25)32-22-10-6-5-9-20(22)29(33)35/h4-15,17H,16H2,1-3H3. The van der Waals surface area contributed by atoms with Crippen LogP contribution in [-0.2, 0) is 9.53 Å². The molecule has 0 N–H and O–H groups in total. The number of carbonyl (C=O) groups is 1. The topological polar surface area (TPSA) is 105 Å². The van der Waals surface area contributed by atoms with Gasteiger partial charge < -0.3 is 18.6 Å². The Morgan fingerprint density at radius 2 is 1.90 bits per heavy atom. The molecule has 0 aliphatic carbocycles. The normalized spacial score (nSPS) is 11.5. The highest BCUT2D eigenvalue weighted by Gasteiger charge is 2.18. The number of aromatic nitrogens is 2. The van der Waals surface area contributed by atoms with Crippen molar-refractivity contribution < 1.29 is 23.4 Å². The molecule has 2 aromatic heterocycles. The molecule has 3 aromatic carbocycles. The molecule has 0 amide bonds. The lowest BCUT2D eigenvalue weighted by atomic mass is 10.2. The minimum Gasteiger partial charge on any atom is -0.493 e. The molecule has 0 unspecified atom stereocenters. The van der Waals surface area contributed by atoms with Crippen LogP contribution >= 0.6 is 11.6 Å². The number of hydrogen-bond donors (Lipinski definition) is 0. The maximum atomic E-state index is 13.5. The molecule has 2 heterocycles. The van der Waals surface area contributed by atoms with Gasteiger partial charge in [-0.15, -0.1) is 0 Å². The molecule has 0 fully saturated rings. The average Bonchev–Trinajstić information content (AvgIpc) is 3.35. The largest absolute Gasteiger partial charge is 0.493 e. The molecule has 0 spiro atoms. The lowest BCUT2D eigenvalue weighted by molar-refractivity contribution is -0.149. The van der Waals surface area contributed by atoms with Crippen molar-refractivity contribution in [3.8, 4) is 23.1 Å². The number of hydrogen-bond acceptors (Lipinski definition) is 8. The monoisotopic (exact) mass is 545 g/mol. The van der Waals surface area contributed by atoms with Gasteiger partial charge in [-0.2, -0.15) is 9.78 Å². The molecule has 0 bridgehead atoms. The molecule has 0 atom stereocenters. The predicted molar refractivity (Wildman–Crippen MR) is 149 cm³/mol. The van der Waals surface area contributed by atoms with E-state index in [9.17, 15) is 9.59 Å². The maximum absolute atomic E-state index is 13.5. The summed E-state index contributed by atoms with van der Waals surface area (Å²) >= 11 is 6.45. The van der Waals surface area contributed by atoms with Gasteiger partial charge in [-0.25, -0.2) is 9.78 Å². The number of methoxy groups -OCH3 is 1. The first-order valence-electron chi connectivity index (χ1n) is 12.1. The van der Waals surface area contributed by atoms with Crippen LogP contribution in [0.2, 0.25) is 5.02 Å². The first kappa shape index (κ1) is 26.0. The van der Waals surface area contributed by atoms with Crippen LogP contribution in [-0.4, -0.2) is 41.7 Å². The van der Waals surface area contributed by atoms with Gasteiger partial charge in [0, 0.05) is 5.39 Å². The van der Waals surface area contributed by atoms with Crippen LogP contribution in [0.25, 0.3) is 33.5 Å². The van der Waals surface area contributed by atoms with Gasteiger partial charge in [-0.05, 0) is 55.8 Å². The van der Waals surface area contributed by atoms with E-state index in [2.05, 4.69) is 10.1 Å². The number of rotatable bonds is 8. The van der Waals surface area contributed by atoms with Crippen LogP contribution in [0.4, 0.5) is 0 Å². The van der Waals surface area contributed by atoms with E-state index in [1.54, 1.807) is 44.2 Å². The third-order valence-corrected chi connectivity index (χ3v) is 5.96. The molecule has 39 heavy (non-hydrogen) atoms. The highest BCUT2D eigenvalue weighted by atomic mass is 35.5. The summed E-state index contributed by atoms with van der Waals surface area (Å²) in [7, 11) is 1.45. The molecule has 5 aromatic rings. The van der Waals surface area contributed by atoms with Crippen molar-refractivity contribution in [1.29, 1.82) is 0 Å². The molecule has 0 radical (unpaired) electrons. The number of fused-ring (bicyclic) bond motifs is 2. The Kier molecular flexibility index (Phi) is 7.33. The zero-order chi connectivity index (χ0) is 27.5. The summed E-state index contributed by atoms with van der Waals surface area (Å²) in [6.45, 7) is 3.16. The molecular formula is C29H24ClN3O6. The van der Waals surface area contributed by atoms with E-state index < -0.39 is 5.97 Å². The van der Waals surface area contributed by atoms with Crippen LogP contribution in [0.3, 0.4) is 0 Å². The second kappa shape index (κ2) is 11.0. The number of para-hydroxylation sites is 2. The molecule has 10 heteroatoms. The van der Waals surface area contributed by atoms with E-state index in [1.807, 2.05) is 36.4 Å². The van der Waals surface area contributed by atoms with Crippen molar-refractivity contribution in [2.75, 3.05) is 13.7 Å². The summed E-state index contributed by atoms with van der Waals surface area (Å²) in [6.07, 6.45) is 1.18. The third kappa shape index (κ3) is 5.49. The molecule has 198 valence electrons. The van der Waals surface area contributed by atoms with Gasteiger partial charge in [0.25, 0.3) is 5.56 Å². The van der Waals surface area contributed by atoms with Crippen LogP contribution < -0.4 is 15.0 Å². The highest BCUT2D eigenvalue weighted by Crippen LogP contribution is 2.36. The molecule has 0 aliphatic heterocycles. The van der Waals surface area contributed by atoms with E-state index >= 15 is 0 Å². The van der Waals surface area contributed by atoms with Crippen LogP contribution in [0.15, 0.2) is 81.0 Å². The summed E-state index contributed by atoms with van der Waals surface area (Å²) in [5.74, 6) is 0.569. The summed E-state index contributed by atoms with van der Waals surface area (Å²) in [5.41, 5.74) is 1.33. The van der Waals surface area contributed by atoms with E-state index in [0.29, 0.717) is 27.8 Å². The number of nitrogens with zero attached hydrogens (tertiary/aromatic N) is 3. The van der Waals surface area contributed by atoms with E-state index in [-0.39, 0.29) is 40.6 Å². The second-order valence-electron chi connectivity index (χ2n) is 8.82. The SMILES string of the molecule is COc1cc(C=Nn2c(-c3cc4ccccc4o3)nc3ccccc3c2=O)cc(Cl)c1OCC(=O)OC(C)C. The Labute approximate surface area is 228 Å². The third-order valence-electron chi connectivity index (χ3n) is 5.68. The smallest absolute Gasteiger partial charge is 0.344 e. The fourth-order valence-corrected chi connectivity index (χ4v) is 4.26. The number of halogens is 1. The minimum absolute atomic E-state index is 0.185. The highest BCUT2D eigenvalue weighted by molar-refractivity contribution is 6.32. The lowest BCUT2D eigenvalue weighted by Gasteiger charge is -2.14. The first-order valence-corrected chi connectivity index (χ1v) is 12.5. The Morgan fingerprint density at radius 3 is 2.67 bits per heavy atom. The zero-order valence-corrected chi connectivity index (χ0v) is 22.1. The predicted octanol–water partition coefficient (Wildman–Crippen LogP) is 5.68. The van der Waals surface area contributed by atoms with Crippen molar-refractivity contribution in [2.45, 2.75) is 20.0 Å². The Bertz CT molecular complexity index is 1740. The quantitative estimate of drug-likeness (QED) is 0.182. The maximum Gasteiger partial charge on any atom is 0.344 e. The van der Waals surface area contributed by atoms with Crippen molar-refractivity contribution in [1.82, 2.24) is 9.66 Å². The van der Waals surface area contributed by atoms with Gasteiger partial charge in [-0.3, -0.25) is 4.79 Å². The summed E-state index contributed by atoms with van der Waals surface area (Å²) in [5, 5.41) is 5.92. The fraction of sp³-hybridized carbons (Fsp3) is 0.172. The van der Waals surface area contributed by atoms with Crippen LogP contribution in [0.5, 0.6) is 11.5 Å². The Hall–Kier alpha value is -4.63.